The van der Waals surface area contributed by atoms with Crippen LogP contribution in [0.3, 0.4) is 0 Å². The van der Waals surface area contributed by atoms with Crippen LogP contribution >= 0.6 is 0 Å². The lowest BCUT2D eigenvalue weighted by atomic mass is 10.2. The summed E-state index contributed by atoms with van der Waals surface area (Å²) in [4.78, 5) is 0. The number of anilines is 1. The van der Waals surface area contributed by atoms with Crippen molar-refractivity contribution in [3.05, 3.63) is 53.6 Å². The van der Waals surface area contributed by atoms with Crippen molar-refractivity contribution in [2.24, 2.45) is 0 Å². The Morgan fingerprint density at radius 1 is 1.16 bits per heavy atom. The Morgan fingerprint density at radius 2 is 1.84 bits per heavy atom. The van der Waals surface area contributed by atoms with Gasteiger partial charge in [0.05, 0.1) is 7.11 Å². The Balaban J connectivity index is 2.15. The molecule has 0 aliphatic heterocycles. The summed E-state index contributed by atoms with van der Waals surface area (Å²) in [6.07, 6.45) is 0. The van der Waals surface area contributed by atoms with Crippen molar-refractivity contribution in [3.8, 4) is 11.5 Å². The van der Waals surface area contributed by atoms with Crippen molar-refractivity contribution < 1.29 is 18.6 Å². The second kappa shape index (κ2) is 5.56. The molecule has 0 saturated heterocycles. The number of hydrogen-bond acceptors (Lipinski definition) is 3. The third-order valence-electron chi connectivity index (χ3n) is 2.71. The predicted molar refractivity (Wildman–Crippen MR) is 68.3 cm³/mol. The molecule has 100 valence electrons. The van der Waals surface area contributed by atoms with Gasteiger partial charge in [0.2, 0.25) is 0 Å². The van der Waals surface area contributed by atoms with Gasteiger partial charge < -0.3 is 15.2 Å². The minimum Gasteiger partial charge on any atom is -0.507 e. The van der Waals surface area contributed by atoms with Crippen LogP contribution in [0.2, 0.25) is 0 Å². The fourth-order valence-electron chi connectivity index (χ4n) is 1.67. The van der Waals surface area contributed by atoms with E-state index < -0.39 is 11.6 Å². The van der Waals surface area contributed by atoms with Crippen molar-refractivity contribution in [3.63, 3.8) is 0 Å². The highest BCUT2D eigenvalue weighted by atomic mass is 19.1. The number of methoxy groups -OCH3 is 1. The van der Waals surface area contributed by atoms with E-state index in [2.05, 4.69) is 5.32 Å². The Kier molecular flexibility index (Phi) is 3.85. The molecule has 0 amide bonds. The maximum atomic E-state index is 13.4. The molecule has 2 aromatic carbocycles. The highest BCUT2D eigenvalue weighted by Crippen LogP contribution is 2.25. The molecule has 0 spiro atoms. The number of halogens is 2. The third kappa shape index (κ3) is 2.93. The van der Waals surface area contributed by atoms with Crippen LogP contribution in [0.1, 0.15) is 5.56 Å². The molecule has 0 atom stereocenters. The standard InChI is InChI=1S/C14H13F2NO2/c1-19-10-6-5-9(13(18)7-10)8-17-14-11(15)3-2-4-12(14)16/h2-7,17-18H,8H2,1H3. The van der Waals surface area contributed by atoms with Crippen LogP contribution in [0.5, 0.6) is 11.5 Å². The van der Waals surface area contributed by atoms with E-state index in [1.54, 1.807) is 12.1 Å². The molecule has 0 saturated carbocycles. The zero-order chi connectivity index (χ0) is 13.8. The van der Waals surface area contributed by atoms with Crippen LogP contribution in [0.4, 0.5) is 14.5 Å². The largest absolute Gasteiger partial charge is 0.507 e. The first-order valence-corrected chi connectivity index (χ1v) is 5.65. The molecule has 0 heterocycles. The van der Waals surface area contributed by atoms with Gasteiger partial charge in [-0.1, -0.05) is 6.07 Å². The van der Waals surface area contributed by atoms with Crippen LogP contribution in [0.25, 0.3) is 0 Å². The minimum atomic E-state index is -0.673. The maximum Gasteiger partial charge on any atom is 0.149 e. The molecule has 0 radical (unpaired) electrons. The first-order chi connectivity index (χ1) is 9.11. The molecule has 2 N–H and O–H groups in total. The predicted octanol–water partition coefficient (Wildman–Crippen LogP) is 3.29. The second-order valence-corrected chi connectivity index (χ2v) is 3.94. The summed E-state index contributed by atoms with van der Waals surface area (Å²) in [6.45, 7) is 0.105. The Labute approximate surface area is 109 Å². The lowest BCUT2D eigenvalue weighted by molar-refractivity contribution is 0.406. The summed E-state index contributed by atoms with van der Waals surface area (Å²) in [5, 5.41) is 12.4. The summed E-state index contributed by atoms with van der Waals surface area (Å²) in [5.74, 6) is -0.831. The van der Waals surface area contributed by atoms with Gasteiger partial charge in [-0.15, -0.1) is 0 Å². The lowest BCUT2D eigenvalue weighted by Gasteiger charge is -2.10. The molecule has 0 unspecified atom stereocenters. The number of ether oxygens (including phenoxy) is 1. The monoisotopic (exact) mass is 265 g/mol. The van der Waals surface area contributed by atoms with Crippen molar-refractivity contribution >= 4 is 5.69 Å². The van der Waals surface area contributed by atoms with E-state index in [0.29, 0.717) is 11.3 Å². The first kappa shape index (κ1) is 13.1. The average molecular weight is 265 g/mol. The van der Waals surface area contributed by atoms with Crippen LogP contribution in [-0.4, -0.2) is 12.2 Å². The SMILES string of the molecule is COc1ccc(CNc2c(F)cccc2F)c(O)c1. The van der Waals surface area contributed by atoms with Crippen LogP contribution in [0, 0.1) is 11.6 Å². The second-order valence-electron chi connectivity index (χ2n) is 3.94. The number of para-hydroxylation sites is 1. The molecule has 0 aliphatic carbocycles. The molecule has 0 aliphatic rings. The molecular formula is C14H13F2NO2. The molecule has 5 heteroatoms. The smallest absolute Gasteiger partial charge is 0.149 e. The van der Waals surface area contributed by atoms with Gasteiger partial charge in [-0.2, -0.15) is 0 Å². The Bertz CT molecular complexity index is 567. The van der Waals surface area contributed by atoms with E-state index in [1.165, 1.54) is 31.4 Å². The van der Waals surface area contributed by atoms with E-state index in [-0.39, 0.29) is 18.0 Å². The molecule has 2 rings (SSSR count). The number of rotatable bonds is 4. The van der Waals surface area contributed by atoms with Crippen LogP contribution in [0.15, 0.2) is 36.4 Å². The van der Waals surface area contributed by atoms with Gasteiger partial charge in [0.15, 0.2) is 0 Å². The number of hydrogen-bond donors (Lipinski definition) is 2. The minimum absolute atomic E-state index is 0.00333. The molecule has 19 heavy (non-hydrogen) atoms. The fourth-order valence-corrected chi connectivity index (χ4v) is 1.67. The van der Waals surface area contributed by atoms with E-state index in [0.717, 1.165) is 0 Å². The average Bonchev–Trinajstić information content (AvgIpc) is 2.39. The van der Waals surface area contributed by atoms with E-state index in [9.17, 15) is 13.9 Å². The molecular weight excluding hydrogens is 252 g/mol. The molecule has 0 fully saturated rings. The number of nitrogens with one attached hydrogen (secondary N) is 1. The van der Waals surface area contributed by atoms with E-state index in [4.69, 9.17) is 4.74 Å². The first-order valence-electron chi connectivity index (χ1n) is 5.65. The quantitative estimate of drug-likeness (QED) is 0.891. The summed E-state index contributed by atoms with van der Waals surface area (Å²) in [6, 6.07) is 8.35. The normalized spacial score (nSPS) is 10.3. The zero-order valence-corrected chi connectivity index (χ0v) is 10.3. The number of aromatic hydroxyl groups is 1. The van der Waals surface area contributed by atoms with E-state index >= 15 is 0 Å². The summed E-state index contributed by atoms with van der Waals surface area (Å²) in [7, 11) is 1.49. The molecule has 3 nitrogen and oxygen atoms in total. The van der Waals surface area contributed by atoms with Crippen LogP contribution in [-0.2, 0) is 6.54 Å². The number of phenolic OH excluding ortho intramolecular Hbond substituents is 1. The van der Waals surface area contributed by atoms with Crippen molar-refractivity contribution in [2.45, 2.75) is 6.54 Å². The van der Waals surface area contributed by atoms with Gasteiger partial charge in [0.1, 0.15) is 28.8 Å². The van der Waals surface area contributed by atoms with Crippen molar-refractivity contribution in [1.29, 1.82) is 0 Å². The van der Waals surface area contributed by atoms with Crippen molar-refractivity contribution in [1.82, 2.24) is 0 Å². The Hall–Kier alpha value is -2.30. The number of benzene rings is 2. The topological polar surface area (TPSA) is 41.5 Å². The zero-order valence-electron chi connectivity index (χ0n) is 10.3. The van der Waals surface area contributed by atoms with Gasteiger partial charge in [-0.25, -0.2) is 8.78 Å². The van der Waals surface area contributed by atoms with E-state index in [1.807, 2.05) is 0 Å². The van der Waals surface area contributed by atoms with Crippen LogP contribution < -0.4 is 10.1 Å². The van der Waals surface area contributed by atoms with Gasteiger partial charge >= 0.3 is 0 Å². The summed E-state index contributed by atoms with van der Waals surface area (Å²) < 4.78 is 31.7. The molecule has 0 bridgehead atoms. The van der Waals surface area contributed by atoms with Gasteiger partial charge in [-0.3, -0.25) is 0 Å². The number of phenols is 1. The Morgan fingerprint density at radius 3 is 2.42 bits per heavy atom. The maximum absolute atomic E-state index is 13.4. The van der Waals surface area contributed by atoms with Gasteiger partial charge in [0, 0.05) is 18.2 Å². The third-order valence-corrected chi connectivity index (χ3v) is 2.71. The lowest BCUT2D eigenvalue weighted by Crippen LogP contribution is -2.04. The molecule has 0 aromatic heterocycles. The fraction of sp³-hybridized carbons (Fsp3) is 0.143. The highest BCUT2D eigenvalue weighted by molar-refractivity contribution is 5.48. The van der Waals surface area contributed by atoms with Gasteiger partial charge in [0.25, 0.3) is 0 Å². The highest BCUT2D eigenvalue weighted by Gasteiger charge is 2.09. The molecule has 2 aromatic rings. The van der Waals surface area contributed by atoms with Gasteiger partial charge in [-0.05, 0) is 24.3 Å². The van der Waals surface area contributed by atoms with Crippen molar-refractivity contribution in [2.75, 3.05) is 12.4 Å². The summed E-state index contributed by atoms with van der Waals surface area (Å²) in [5.41, 5.74) is 0.307. The summed E-state index contributed by atoms with van der Waals surface area (Å²) >= 11 is 0.